The van der Waals surface area contributed by atoms with Crippen molar-refractivity contribution in [2.45, 2.75) is 13.3 Å². The van der Waals surface area contributed by atoms with E-state index in [1.807, 2.05) is 0 Å². The van der Waals surface area contributed by atoms with Crippen LogP contribution in [0.1, 0.15) is 13.3 Å². The third-order valence-corrected chi connectivity index (χ3v) is 1.46. The third kappa shape index (κ3) is 0.943. The van der Waals surface area contributed by atoms with Crippen LogP contribution in [0.2, 0.25) is 0 Å². The minimum Gasteiger partial charge on any atom is -0.278 e. The van der Waals surface area contributed by atoms with Crippen LogP contribution in [0.5, 0.6) is 0 Å². The first-order valence-corrected chi connectivity index (χ1v) is 3.13. The minimum atomic E-state index is -0.240. The Hall–Kier alpha value is -1.12. The first-order chi connectivity index (χ1) is 4.63. The van der Waals surface area contributed by atoms with Gasteiger partial charge in [0, 0.05) is 18.5 Å². The van der Waals surface area contributed by atoms with Crippen molar-refractivity contribution < 1.29 is 9.59 Å². The summed E-state index contributed by atoms with van der Waals surface area (Å²) in [5, 5.41) is 0. The highest BCUT2D eigenvalue weighted by molar-refractivity contribution is 6.06. The topological polar surface area (TPSA) is 37.4 Å². The van der Waals surface area contributed by atoms with Crippen molar-refractivity contribution in [2.75, 3.05) is 6.54 Å². The maximum absolute atomic E-state index is 10.9. The van der Waals surface area contributed by atoms with Gasteiger partial charge in [0.2, 0.25) is 5.91 Å². The molecule has 0 aromatic carbocycles. The van der Waals surface area contributed by atoms with Crippen LogP contribution >= 0.6 is 0 Å². The van der Waals surface area contributed by atoms with Gasteiger partial charge in [-0.3, -0.25) is 14.5 Å². The first-order valence-electron chi connectivity index (χ1n) is 3.13. The molecule has 1 saturated heterocycles. The molecule has 0 bridgehead atoms. The Morgan fingerprint density at radius 1 is 1.70 bits per heavy atom. The number of rotatable bonds is 1. The van der Waals surface area contributed by atoms with Crippen molar-refractivity contribution in [3.8, 4) is 0 Å². The quantitative estimate of drug-likeness (QED) is 0.387. The average molecular weight is 139 g/mol. The van der Waals surface area contributed by atoms with Crippen LogP contribution in [0, 0.1) is 0 Å². The van der Waals surface area contributed by atoms with E-state index in [1.165, 1.54) is 4.90 Å². The first kappa shape index (κ1) is 6.99. The Bertz CT molecular complexity index is 208. The van der Waals surface area contributed by atoms with Crippen LogP contribution in [-0.4, -0.2) is 23.3 Å². The largest absolute Gasteiger partial charge is 0.278 e. The van der Waals surface area contributed by atoms with E-state index in [0.29, 0.717) is 18.5 Å². The van der Waals surface area contributed by atoms with Gasteiger partial charge in [0.15, 0.2) is 0 Å². The van der Waals surface area contributed by atoms with E-state index in [9.17, 15) is 9.59 Å². The molecule has 3 heteroatoms. The zero-order valence-corrected chi connectivity index (χ0v) is 5.89. The molecule has 0 N–H and O–H groups in total. The smallest absolute Gasteiger partial charge is 0.255 e. The summed E-state index contributed by atoms with van der Waals surface area (Å²) in [4.78, 5) is 22.8. The number of likely N-dealkylation sites (tertiary alicyclic amines) is 1. The predicted molar refractivity (Wildman–Crippen MR) is 36.2 cm³/mol. The second-order valence-electron chi connectivity index (χ2n) is 2.38. The van der Waals surface area contributed by atoms with Gasteiger partial charge in [-0.05, 0) is 6.92 Å². The fourth-order valence-electron chi connectivity index (χ4n) is 0.760. The van der Waals surface area contributed by atoms with Gasteiger partial charge in [0.1, 0.15) is 0 Å². The lowest BCUT2D eigenvalue weighted by molar-refractivity contribution is -0.150. The van der Waals surface area contributed by atoms with Crippen LogP contribution < -0.4 is 0 Å². The number of hydrogen-bond donors (Lipinski definition) is 0. The van der Waals surface area contributed by atoms with Crippen molar-refractivity contribution in [2.24, 2.45) is 0 Å². The van der Waals surface area contributed by atoms with Crippen molar-refractivity contribution in [3.05, 3.63) is 12.2 Å². The Kier molecular flexibility index (Phi) is 1.57. The van der Waals surface area contributed by atoms with Gasteiger partial charge in [0.05, 0.1) is 0 Å². The van der Waals surface area contributed by atoms with Gasteiger partial charge in [0.25, 0.3) is 5.91 Å². The molecule has 0 radical (unpaired) electrons. The molecule has 0 unspecified atom stereocenters. The van der Waals surface area contributed by atoms with Gasteiger partial charge >= 0.3 is 0 Å². The van der Waals surface area contributed by atoms with E-state index >= 15 is 0 Å². The van der Waals surface area contributed by atoms with Crippen LogP contribution in [0.4, 0.5) is 0 Å². The molecular formula is C7H9NO2. The minimum absolute atomic E-state index is 0.0898. The van der Waals surface area contributed by atoms with Gasteiger partial charge in [-0.1, -0.05) is 6.58 Å². The van der Waals surface area contributed by atoms with E-state index in [2.05, 4.69) is 6.58 Å². The number of amides is 2. The normalized spacial score (nSPS) is 16.5. The van der Waals surface area contributed by atoms with Crippen LogP contribution in [0.25, 0.3) is 0 Å². The standard InChI is InChI=1S/C7H9NO2/c1-5(2)7(10)8-4-3-6(8)9/h1,3-4H2,2H3. The van der Waals surface area contributed by atoms with Crippen molar-refractivity contribution in [1.82, 2.24) is 4.90 Å². The monoisotopic (exact) mass is 139 g/mol. The molecule has 2 amide bonds. The van der Waals surface area contributed by atoms with Gasteiger partial charge in [-0.15, -0.1) is 0 Å². The van der Waals surface area contributed by atoms with Crippen molar-refractivity contribution in [1.29, 1.82) is 0 Å². The summed E-state index contributed by atoms with van der Waals surface area (Å²) in [5.74, 6) is -0.329. The lowest BCUT2D eigenvalue weighted by atomic mass is 10.1. The number of imide groups is 1. The lowest BCUT2D eigenvalue weighted by Crippen LogP contribution is -2.47. The van der Waals surface area contributed by atoms with Crippen LogP contribution in [-0.2, 0) is 9.59 Å². The van der Waals surface area contributed by atoms with Crippen LogP contribution in [0.15, 0.2) is 12.2 Å². The zero-order valence-electron chi connectivity index (χ0n) is 5.89. The number of carbonyl (C=O) groups excluding carboxylic acids is 2. The molecule has 54 valence electrons. The highest BCUT2D eigenvalue weighted by Gasteiger charge is 2.29. The maximum Gasteiger partial charge on any atom is 0.255 e. The average Bonchev–Trinajstić information content (AvgIpc) is 1.84. The Balaban J connectivity index is 2.58. The molecule has 1 aliphatic rings. The molecular weight excluding hydrogens is 130 g/mol. The molecule has 0 saturated carbocycles. The summed E-state index contributed by atoms with van der Waals surface area (Å²) in [6.45, 7) is 5.61. The molecule has 0 aliphatic carbocycles. The van der Waals surface area contributed by atoms with E-state index in [4.69, 9.17) is 0 Å². The van der Waals surface area contributed by atoms with E-state index < -0.39 is 0 Å². The van der Waals surface area contributed by atoms with E-state index in [0.717, 1.165) is 0 Å². The molecule has 1 fully saturated rings. The summed E-state index contributed by atoms with van der Waals surface area (Å²) in [6.07, 6.45) is 0.499. The van der Waals surface area contributed by atoms with Gasteiger partial charge < -0.3 is 0 Å². The SMILES string of the molecule is C=C(C)C(=O)N1CCC1=O. The molecule has 1 aliphatic heterocycles. The molecule has 0 aromatic rings. The summed E-state index contributed by atoms with van der Waals surface area (Å²) >= 11 is 0. The fourth-order valence-corrected chi connectivity index (χ4v) is 0.760. The molecule has 0 aromatic heterocycles. The molecule has 1 heterocycles. The Morgan fingerprint density at radius 3 is 2.40 bits per heavy atom. The lowest BCUT2D eigenvalue weighted by Gasteiger charge is -2.28. The maximum atomic E-state index is 10.9. The second-order valence-corrected chi connectivity index (χ2v) is 2.38. The fraction of sp³-hybridized carbons (Fsp3) is 0.429. The summed E-state index contributed by atoms with van der Waals surface area (Å²) < 4.78 is 0. The van der Waals surface area contributed by atoms with Crippen molar-refractivity contribution >= 4 is 11.8 Å². The Morgan fingerprint density at radius 2 is 2.30 bits per heavy atom. The summed E-state index contributed by atoms with van der Waals surface area (Å²) in [7, 11) is 0. The third-order valence-electron chi connectivity index (χ3n) is 1.46. The van der Waals surface area contributed by atoms with E-state index in [1.54, 1.807) is 6.92 Å². The number of nitrogens with zero attached hydrogens (tertiary/aromatic N) is 1. The number of carbonyl (C=O) groups is 2. The molecule has 0 spiro atoms. The molecule has 10 heavy (non-hydrogen) atoms. The zero-order chi connectivity index (χ0) is 7.72. The summed E-state index contributed by atoms with van der Waals surface area (Å²) in [6, 6.07) is 0. The van der Waals surface area contributed by atoms with E-state index in [-0.39, 0.29) is 11.8 Å². The summed E-state index contributed by atoms with van der Waals surface area (Å²) in [5.41, 5.74) is 0.424. The van der Waals surface area contributed by atoms with Gasteiger partial charge in [-0.25, -0.2) is 0 Å². The Labute approximate surface area is 59.3 Å². The highest BCUT2D eigenvalue weighted by Crippen LogP contribution is 2.11. The molecule has 0 atom stereocenters. The molecule has 3 nitrogen and oxygen atoms in total. The number of hydrogen-bond acceptors (Lipinski definition) is 2. The number of β-lactam (4-membered cyclic amide) rings is 1. The highest BCUT2D eigenvalue weighted by atomic mass is 16.2. The van der Waals surface area contributed by atoms with Gasteiger partial charge in [-0.2, -0.15) is 0 Å². The van der Waals surface area contributed by atoms with Crippen LogP contribution in [0.3, 0.4) is 0 Å². The predicted octanol–water partition coefficient (Wildman–Crippen LogP) is 0.321. The molecule has 1 rings (SSSR count). The second kappa shape index (κ2) is 2.25. The van der Waals surface area contributed by atoms with Crippen molar-refractivity contribution in [3.63, 3.8) is 0 Å².